The highest BCUT2D eigenvalue weighted by Crippen LogP contribution is 2.51. The van der Waals surface area contributed by atoms with Gasteiger partial charge in [-0.25, -0.2) is 0 Å². The fourth-order valence-electron chi connectivity index (χ4n) is 3.87. The molecular formula is C16H19FO4S. The first kappa shape index (κ1) is 15.5. The van der Waals surface area contributed by atoms with Crippen LogP contribution in [-0.4, -0.2) is 26.2 Å². The standard InChI is InChI=1S/C16H19FO4S/c17-22(19,20)11-14-16(10-15(18)21-14)8-6-13(7-9-16)12-4-2-1-3-5-12/h1-5,13-14H,6-11H2. The molecule has 120 valence electrons. The maximum Gasteiger partial charge on any atom is 0.306 e. The summed E-state index contributed by atoms with van der Waals surface area (Å²) in [7, 11) is -4.65. The van der Waals surface area contributed by atoms with Crippen molar-refractivity contribution < 1.29 is 21.8 Å². The van der Waals surface area contributed by atoms with Gasteiger partial charge in [-0.2, -0.15) is 8.42 Å². The zero-order valence-corrected chi connectivity index (χ0v) is 13.0. The lowest BCUT2D eigenvalue weighted by atomic mass is 9.66. The summed E-state index contributed by atoms with van der Waals surface area (Å²) in [5, 5.41) is 0. The molecule has 1 saturated heterocycles. The van der Waals surface area contributed by atoms with E-state index >= 15 is 0 Å². The van der Waals surface area contributed by atoms with Crippen molar-refractivity contribution in [2.75, 3.05) is 5.75 Å². The molecule has 0 N–H and O–H groups in total. The second kappa shape index (κ2) is 5.65. The Kier molecular flexibility index (Phi) is 3.97. The third-order valence-corrected chi connectivity index (χ3v) is 5.76. The van der Waals surface area contributed by atoms with E-state index in [0.717, 1.165) is 12.8 Å². The first-order valence-corrected chi connectivity index (χ1v) is 9.10. The van der Waals surface area contributed by atoms with Crippen LogP contribution in [0.3, 0.4) is 0 Å². The van der Waals surface area contributed by atoms with Gasteiger partial charge >= 0.3 is 16.2 Å². The summed E-state index contributed by atoms with van der Waals surface area (Å²) in [4.78, 5) is 11.6. The van der Waals surface area contributed by atoms with Gasteiger partial charge in [0.05, 0.1) is 6.42 Å². The molecule has 4 nitrogen and oxygen atoms in total. The topological polar surface area (TPSA) is 60.4 Å². The minimum atomic E-state index is -4.65. The summed E-state index contributed by atoms with van der Waals surface area (Å²) in [6.45, 7) is 0. The SMILES string of the molecule is O=C1CC2(CCC(c3ccccc3)CC2)C(CS(=O)(=O)F)O1. The highest BCUT2D eigenvalue weighted by Gasteiger charge is 2.52. The minimum absolute atomic E-state index is 0.203. The Bertz CT molecular complexity index is 648. The van der Waals surface area contributed by atoms with Crippen molar-refractivity contribution in [1.82, 2.24) is 0 Å². The maximum atomic E-state index is 13.0. The fourth-order valence-corrected chi connectivity index (χ4v) is 4.65. The summed E-state index contributed by atoms with van der Waals surface area (Å²) in [6.07, 6.45) is 2.48. The van der Waals surface area contributed by atoms with Gasteiger partial charge in [0.2, 0.25) is 0 Å². The molecule has 1 aromatic rings. The summed E-state index contributed by atoms with van der Waals surface area (Å²) < 4.78 is 40.0. The van der Waals surface area contributed by atoms with Gasteiger partial charge in [0.15, 0.2) is 0 Å². The number of halogens is 1. The Morgan fingerprint density at radius 1 is 1.18 bits per heavy atom. The molecule has 0 bridgehead atoms. The highest BCUT2D eigenvalue weighted by atomic mass is 32.3. The average molecular weight is 326 g/mol. The second-order valence-electron chi connectivity index (χ2n) is 6.41. The molecule has 1 aromatic carbocycles. The van der Waals surface area contributed by atoms with E-state index in [1.54, 1.807) is 0 Å². The normalized spacial score (nSPS) is 32.1. The number of rotatable bonds is 3. The van der Waals surface area contributed by atoms with Crippen LogP contribution in [0.4, 0.5) is 3.89 Å². The zero-order valence-electron chi connectivity index (χ0n) is 12.2. The molecule has 1 spiro atoms. The second-order valence-corrected chi connectivity index (χ2v) is 7.82. The molecule has 0 aromatic heterocycles. The average Bonchev–Trinajstić information content (AvgIpc) is 2.74. The molecule has 1 saturated carbocycles. The Hall–Kier alpha value is -1.43. The van der Waals surface area contributed by atoms with E-state index in [1.807, 2.05) is 18.2 Å². The molecule has 1 unspecified atom stereocenters. The predicted octanol–water partition coefficient (Wildman–Crippen LogP) is 2.95. The van der Waals surface area contributed by atoms with Gasteiger partial charge in [0.25, 0.3) is 0 Å². The van der Waals surface area contributed by atoms with E-state index in [9.17, 15) is 17.1 Å². The van der Waals surface area contributed by atoms with Crippen LogP contribution in [0, 0.1) is 5.41 Å². The molecule has 6 heteroatoms. The molecule has 1 aliphatic carbocycles. The van der Waals surface area contributed by atoms with Gasteiger partial charge < -0.3 is 4.74 Å². The third kappa shape index (κ3) is 3.16. The van der Waals surface area contributed by atoms with E-state index in [1.165, 1.54) is 5.56 Å². The monoisotopic (exact) mass is 326 g/mol. The molecule has 2 aliphatic rings. The van der Waals surface area contributed by atoms with Gasteiger partial charge in [0, 0.05) is 5.41 Å². The number of hydrogen-bond donors (Lipinski definition) is 0. The van der Waals surface area contributed by atoms with E-state index in [4.69, 9.17) is 4.74 Å². The van der Waals surface area contributed by atoms with Crippen molar-refractivity contribution in [2.24, 2.45) is 5.41 Å². The number of carbonyl (C=O) groups is 1. The fraction of sp³-hybridized carbons (Fsp3) is 0.562. The Morgan fingerprint density at radius 3 is 2.41 bits per heavy atom. The smallest absolute Gasteiger partial charge is 0.306 e. The molecule has 0 radical (unpaired) electrons. The van der Waals surface area contributed by atoms with Crippen LogP contribution in [0.15, 0.2) is 30.3 Å². The number of benzene rings is 1. The van der Waals surface area contributed by atoms with E-state index < -0.39 is 33.5 Å². The molecule has 22 heavy (non-hydrogen) atoms. The van der Waals surface area contributed by atoms with Crippen LogP contribution in [0.1, 0.15) is 43.6 Å². The van der Waals surface area contributed by atoms with Crippen LogP contribution in [-0.2, 0) is 19.8 Å². The molecule has 0 amide bonds. The molecule has 1 atom stereocenters. The van der Waals surface area contributed by atoms with Crippen molar-refractivity contribution in [1.29, 1.82) is 0 Å². The van der Waals surface area contributed by atoms with Crippen LogP contribution in [0.5, 0.6) is 0 Å². The van der Waals surface area contributed by atoms with Gasteiger partial charge in [0.1, 0.15) is 11.9 Å². The number of cyclic esters (lactones) is 1. The van der Waals surface area contributed by atoms with Gasteiger partial charge in [-0.05, 0) is 37.2 Å². The summed E-state index contributed by atoms with van der Waals surface area (Å²) in [5.41, 5.74) is 0.749. The zero-order chi connectivity index (χ0) is 15.8. The maximum absolute atomic E-state index is 13.0. The molecule has 1 aliphatic heterocycles. The number of ether oxygens (including phenoxy) is 1. The van der Waals surface area contributed by atoms with Crippen molar-refractivity contribution in [2.45, 2.75) is 44.1 Å². The van der Waals surface area contributed by atoms with E-state index in [-0.39, 0.29) is 6.42 Å². The number of esters is 1. The predicted molar refractivity (Wildman–Crippen MR) is 79.5 cm³/mol. The highest BCUT2D eigenvalue weighted by molar-refractivity contribution is 7.86. The van der Waals surface area contributed by atoms with Crippen molar-refractivity contribution in [3.63, 3.8) is 0 Å². The molecule has 3 rings (SSSR count). The van der Waals surface area contributed by atoms with Crippen molar-refractivity contribution in [3.8, 4) is 0 Å². The van der Waals surface area contributed by atoms with Crippen LogP contribution in [0.25, 0.3) is 0 Å². The van der Waals surface area contributed by atoms with E-state index in [2.05, 4.69) is 12.1 Å². The first-order chi connectivity index (χ1) is 10.4. The molecule has 2 fully saturated rings. The molecular weight excluding hydrogens is 307 g/mol. The lowest BCUT2D eigenvalue weighted by Crippen LogP contribution is -2.38. The van der Waals surface area contributed by atoms with Crippen molar-refractivity contribution >= 4 is 16.2 Å². The Morgan fingerprint density at radius 2 is 1.82 bits per heavy atom. The van der Waals surface area contributed by atoms with Gasteiger partial charge in [-0.1, -0.05) is 30.3 Å². The Balaban J connectivity index is 1.74. The van der Waals surface area contributed by atoms with Crippen LogP contribution < -0.4 is 0 Å². The van der Waals surface area contributed by atoms with E-state index in [0.29, 0.717) is 18.8 Å². The van der Waals surface area contributed by atoms with Gasteiger partial charge in [-0.15, -0.1) is 3.89 Å². The number of hydrogen-bond acceptors (Lipinski definition) is 4. The summed E-state index contributed by atoms with van der Waals surface area (Å²) >= 11 is 0. The Labute approximate surface area is 129 Å². The summed E-state index contributed by atoms with van der Waals surface area (Å²) in [5.74, 6) is -0.716. The van der Waals surface area contributed by atoms with Gasteiger partial charge in [-0.3, -0.25) is 4.79 Å². The minimum Gasteiger partial charge on any atom is -0.461 e. The van der Waals surface area contributed by atoms with Crippen LogP contribution in [0.2, 0.25) is 0 Å². The third-order valence-electron chi connectivity index (χ3n) is 5.06. The quantitative estimate of drug-likeness (QED) is 0.633. The first-order valence-electron chi connectivity index (χ1n) is 7.55. The molecule has 1 heterocycles. The largest absolute Gasteiger partial charge is 0.461 e. The lowest BCUT2D eigenvalue weighted by Gasteiger charge is -2.39. The summed E-state index contributed by atoms with van der Waals surface area (Å²) in [6, 6.07) is 10.1. The lowest BCUT2D eigenvalue weighted by molar-refractivity contribution is -0.141. The van der Waals surface area contributed by atoms with Crippen LogP contribution >= 0.6 is 0 Å². The van der Waals surface area contributed by atoms with Crippen molar-refractivity contribution in [3.05, 3.63) is 35.9 Å². The number of carbonyl (C=O) groups excluding carboxylic acids is 1.